The van der Waals surface area contributed by atoms with E-state index in [4.69, 9.17) is 21.1 Å². The van der Waals surface area contributed by atoms with Gasteiger partial charge in [0.1, 0.15) is 10.7 Å². The van der Waals surface area contributed by atoms with Crippen LogP contribution >= 0.6 is 11.6 Å². The Morgan fingerprint density at radius 2 is 1.69 bits per heavy atom. The molecule has 166 valence electrons. The first-order valence-electron chi connectivity index (χ1n) is 9.86. The van der Waals surface area contributed by atoms with E-state index in [-0.39, 0.29) is 40.3 Å². The van der Waals surface area contributed by atoms with E-state index >= 15 is 0 Å². The number of hydrogen-bond donors (Lipinski definition) is 1. The number of amides is 2. The predicted octanol–water partition coefficient (Wildman–Crippen LogP) is 3.86. The second kappa shape index (κ2) is 9.65. The fourth-order valence-electron chi connectivity index (χ4n) is 2.96. The maximum atomic E-state index is 12.9. The first kappa shape index (κ1) is 23.0. The number of esters is 2. The van der Waals surface area contributed by atoms with Gasteiger partial charge < -0.3 is 14.8 Å². The van der Waals surface area contributed by atoms with Crippen LogP contribution in [0.4, 0.5) is 11.4 Å². The number of hydrogen-bond acceptors (Lipinski definition) is 7. The van der Waals surface area contributed by atoms with Crippen molar-refractivity contribution in [2.45, 2.75) is 26.9 Å². The molecule has 0 fully saturated rings. The smallest absolute Gasteiger partial charge is 0.338 e. The minimum absolute atomic E-state index is 0.125. The maximum Gasteiger partial charge on any atom is 0.338 e. The van der Waals surface area contributed by atoms with Crippen LogP contribution in [0.2, 0.25) is 0 Å². The van der Waals surface area contributed by atoms with Gasteiger partial charge in [0.05, 0.1) is 29.5 Å². The maximum absolute atomic E-state index is 12.9. The van der Waals surface area contributed by atoms with Crippen molar-refractivity contribution in [2.75, 3.05) is 16.8 Å². The summed E-state index contributed by atoms with van der Waals surface area (Å²) >= 11 is 6.15. The summed E-state index contributed by atoms with van der Waals surface area (Å²) in [5.41, 5.74) is 1.08. The third-order valence-corrected chi connectivity index (χ3v) is 4.72. The Kier molecular flexibility index (Phi) is 6.95. The summed E-state index contributed by atoms with van der Waals surface area (Å²) in [7, 11) is 0. The van der Waals surface area contributed by atoms with E-state index in [0.29, 0.717) is 5.69 Å². The Labute approximate surface area is 189 Å². The third kappa shape index (κ3) is 4.81. The van der Waals surface area contributed by atoms with Crippen LogP contribution in [0.1, 0.15) is 41.5 Å². The van der Waals surface area contributed by atoms with E-state index in [1.54, 1.807) is 39.0 Å². The summed E-state index contributed by atoms with van der Waals surface area (Å²) in [4.78, 5) is 50.4. The Hall–Kier alpha value is -3.65. The molecule has 1 N–H and O–H groups in total. The van der Waals surface area contributed by atoms with Crippen molar-refractivity contribution in [1.29, 1.82) is 0 Å². The van der Waals surface area contributed by atoms with Gasteiger partial charge in [-0.3, -0.25) is 9.59 Å². The highest BCUT2D eigenvalue weighted by Crippen LogP contribution is 2.30. The highest BCUT2D eigenvalue weighted by molar-refractivity contribution is 6.53. The molecule has 2 amide bonds. The number of benzene rings is 2. The Bertz CT molecular complexity index is 1110. The molecule has 8 nitrogen and oxygen atoms in total. The molecule has 0 aliphatic carbocycles. The molecule has 0 aromatic heterocycles. The van der Waals surface area contributed by atoms with Gasteiger partial charge >= 0.3 is 11.9 Å². The molecular formula is C23H21ClN2O6. The summed E-state index contributed by atoms with van der Waals surface area (Å²) in [6.45, 7) is 5.40. The van der Waals surface area contributed by atoms with E-state index in [2.05, 4.69) is 5.32 Å². The molecule has 1 aliphatic rings. The topological polar surface area (TPSA) is 102 Å². The lowest BCUT2D eigenvalue weighted by Crippen LogP contribution is -2.32. The van der Waals surface area contributed by atoms with Crippen LogP contribution in [-0.2, 0) is 19.1 Å². The second-order valence-electron chi connectivity index (χ2n) is 7.06. The Morgan fingerprint density at radius 1 is 1.00 bits per heavy atom. The minimum Gasteiger partial charge on any atom is -0.462 e. The summed E-state index contributed by atoms with van der Waals surface area (Å²) in [5.74, 6) is -2.40. The normalized spacial score (nSPS) is 13.6. The van der Waals surface area contributed by atoms with Gasteiger partial charge in [-0.15, -0.1) is 0 Å². The van der Waals surface area contributed by atoms with Gasteiger partial charge in [-0.25, -0.2) is 14.5 Å². The van der Waals surface area contributed by atoms with Crippen molar-refractivity contribution >= 4 is 46.7 Å². The molecule has 1 aliphatic heterocycles. The van der Waals surface area contributed by atoms with Gasteiger partial charge in [-0.05, 0) is 63.2 Å². The van der Waals surface area contributed by atoms with Crippen LogP contribution in [0.25, 0.3) is 0 Å². The number of carbonyl (C=O) groups excluding carboxylic acids is 4. The number of nitrogens with zero attached hydrogens (tertiary/aromatic N) is 1. The van der Waals surface area contributed by atoms with Gasteiger partial charge in [0.2, 0.25) is 0 Å². The van der Waals surface area contributed by atoms with Crippen LogP contribution in [0.15, 0.2) is 59.3 Å². The Morgan fingerprint density at radius 3 is 2.31 bits per heavy atom. The molecule has 9 heteroatoms. The largest absolute Gasteiger partial charge is 0.462 e. The number of ether oxygens (including phenoxy) is 2. The van der Waals surface area contributed by atoms with Crippen LogP contribution in [0.5, 0.6) is 0 Å². The third-order valence-electron chi connectivity index (χ3n) is 4.37. The number of nitrogens with one attached hydrogen (secondary N) is 1. The predicted molar refractivity (Wildman–Crippen MR) is 118 cm³/mol. The summed E-state index contributed by atoms with van der Waals surface area (Å²) in [6, 6.07) is 12.1. The lowest BCUT2D eigenvalue weighted by molar-refractivity contribution is -0.120. The van der Waals surface area contributed by atoms with Crippen LogP contribution < -0.4 is 10.2 Å². The van der Waals surface area contributed by atoms with Gasteiger partial charge in [0.25, 0.3) is 11.8 Å². The molecular weight excluding hydrogens is 436 g/mol. The van der Waals surface area contributed by atoms with Crippen molar-refractivity contribution in [3.8, 4) is 0 Å². The molecule has 32 heavy (non-hydrogen) atoms. The van der Waals surface area contributed by atoms with Crippen molar-refractivity contribution in [2.24, 2.45) is 0 Å². The number of imide groups is 1. The number of rotatable bonds is 7. The molecule has 2 aromatic carbocycles. The zero-order valence-electron chi connectivity index (χ0n) is 17.7. The van der Waals surface area contributed by atoms with Gasteiger partial charge in [-0.2, -0.15) is 0 Å². The molecule has 0 radical (unpaired) electrons. The molecule has 2 aromatic rings. The summed E-state index contributed by atoms with van der Waals surface area (Å²) in [5, 5.41) is 2.53. The SMILES string of the molecule is CCOC(=O)c1ccc(N2C(=O)C(Cl)=C(Nc3cccc(C(=O)OC(C)C)c3)C2=O)cc1. The average Bonchev–Trinajstić information content (AvgIpc) is 2.97. The van der Waals surface area contributed by atoms with E-state index in [1.165, 1.54) is 30.3 Å². The first-order valence-corrected chi connectivity index (χ1v) is 10.2. The highest BCUT2D eigenvalue weighted by Gasteiger charge is 2.39. The molecule has 1 heterocycles. The van der Waals surface area contributed by atoms with E-state index in [0.717, 1.165) is 4.90 Å². The van der Waals surface area contributed by atoms with Crippen LogP contribution in [0.3, 0.4) is 0 Å². The van der Waals surface area contributed by atoms with Crippen LogP contribution in [0, 0.1) is 0 Å². The molecule has 0 saturated heterocycles. The highest BCUT2D eigenvalue weighted by atomic mass is 35.5. The second-order valence-corrected chi connectivity index (χ2v) is 7.44. The van der Waals surface area contributed by atoms with Crippen molar-refractivity contribution in [3.05, 3.63) is 70.4 Å². The zero-order chi connectivity index (χ0) is 23.4. The number of anilines is 2. The van der Waals surface area contributed by atoms with E-state index in [9.17, 15) is 19.2 Å². The average molecular weight is 457 g/mol. The van der Waals surface area contributed by atoms with Gasteiger partial charge in [-0.1, -0.05) is 17.7 Å². The quantitative estimate of drug-likeness (QED) is 0.498. The fraction of sp³-hybridized carbons (Fsp3) is 0.217. The van der Waals surface area contributed by atoms with Crippen molar-refractivity contribution < 1.29 is 28.7 Å². The Balaban J connectivity index is 1.80. The molecule has 3 rings (SSSR count). The van der Waals surface area contributed by atoms with Crippen molar-refractivity contribution in [3.63, 3.8) is 0 Å². The van der Waals surface area contributed by atoms with E-state index < -0.39 is 23.8 Å². The number of halogens is 1. The lowest BCUT2D eigenvalue weighted by Gasteiger charge is -2.15. The molecule has 0 unspecified atom stereocenters. The van der Waals surface area contributed by atoms with E-state index in [1.807, 2.05) is 0 Å². The first-order chi connectivity index (χ1) is 15.2. The molecule has 0 bridgehead atoms. The van der Waals surface area contributed by atoms with Crippen LogP contribution in [-0.4, -0.2) is 36.5 Å². The van der Waals surface area contributed by atoms with Gasteiger partial charge in [0, 0.05) is 5.69 Å². The van der Waals surface area contributed by atoms with Gasteiger partial charge in [0.15, 0.2) is 0 Å². The fourth-order valence-corrected chi connectivity index (χ4v) is 3.17. The summed E-state index contributed by atoms with van der Waals surface area (Å²) in [6.07, 6.45) is -0.283. The molecule has 0 atom stereocenters. The zero-order valence-corrected chi connectivity index (χ0v) is 18.4. The number of carbonyl (C=O) groups is 4. The van der Waals surface area contributed by atoms with Crippen molar-refractivity contribution in [1.82, 2.24) is 0 Å². The summed E-state index contributed by atoms with van der Waals surface area (Å²) < 4.78 is 10.1. The monoisotopic (exact) mass is 456 g/mol. The lowest BCUT2D eigenvalue weighted by atomic mass is 10.2. The standard InChI is InChI=1S/C23H21ClN2O6/c1-4-31-22(29)14-8-10-17(11-9-14)26-20(27)18(24)19(21(26)28)25-16-7-5-6-15(12-16)23(30)32-13(2)3/h5-13,25H,4H2,1-3H3. The molecule has 0 saturated carbocycles. The molecule has 0 spiro atoms. The minimum atomic E-state index is -0.710.